The van der Waals surface area contributed by atoms with Crippen LogP contribution in [0.1, 0.15) is 54.1 Å². The average Bonchev–Trinajstić information content (AvgIpc) is 3.30. The number of amides is 2. The van der Waals surface area contributed by atoms with Crippen LogP contribution in [-0.2, 0) is 14.3 Å². The van der Waals surface area contributed by atoms with Crippen LogP contribution in [0.25, 0.3) is 0 Å². The fraction of sp³-hybridized carbons (Fsp3) is 0.591. The van der Waals surface area contributed by atoms with Gasteiger partial charge < -0.3 is 15.4 Å². The van der Waals surface area contributed by atoms with Gasteiger partial charge in [-0.25, -0.2) is 0 Å². The fourth-order valence-corrected chi connectivity index (χ4v) is 4.64. The maximum atomic E-state index is 12.1. The number of carbonyl (C=O) groups excluding carboxylic acids is 3. The second-order valence-corrected chi connectivity index (χ2v) is 8.34. The Balaban J connectivity index is 1.36. The fourth-order valence-electron chi connectivity index (χ4n) is 4.64. The van der Waals surface area contributed by atoms with Crippen molar-refractivity contribution in [2.45, 2.75) is 52.5 Å². The normalized spacial score (nSPS) is 23.9. The van der Waals surface area contributed by atoms with Gasteiger partial charge in [0, 0.05) is 11.6 Å². The number of aryl methyl sites for hydroxylation is 2. The van der Waals surface area contributed by atoms with Crippen molar-refractivity contribution in [1.29, 1.82) is 0 Å². The molecule has 1 aromatic carbocycles. The van der Waals surface area contributed by atoms with Crippen molar-refractivity contribution < 1.29 is 19.1 Å². The molecule has 2 amide bonds. The number of hydrogen-bond acceptors (Lipinski definition) is 4. The van der Waals surface area contributed by atoms with E-state index < -0.39 is 5.97 Å². The lowest BCUT2D eigenvalue weighted by molar-refractivity contribution is -0.147. The maximum Gasteiger partial charge on any atom is 0.325 e. The lowest BCUT2D eigenvalue weighted by Crippen LogP contribution is -2.42. The van der Waals surface area contributed by atoms with Crippen LogP contribution < -0.4 is 10.6 Å². The molecule has 2 saturated carbocycles. The molecule has 1 aromatic rings. The van der Waals surface area contributed by atoms with Crippen LogP contribution in [0.5, 0.6) is 0 Å². The molecule has 0 radical (unpaired) electrons. The van der Waals surface area contributed by atoms with Crippen LogP contribution in [0.3, 0.4) is 0 Å². The average molecular weight is 386 g/mol. The monoisotopic (exact) mass is 386 g/mol. The van der Waals surface area contributed by atoms with E-state index >= 15 is 0 Å². The van der Waals surface area contributed by atoms with Gasteiger partial charge in [-0.3, -0.25) is 14.4 Å². The van der Waals surface area contributed by atoms with Crippen molar-refractivity contribution in [2.24, 2.45) is 17.8 Å². The molecule has 2 aliphatic carbocycles. The summed E-state index contributed by atoms with van der Waals surface area (Å²) in [6.45, 7) is 5.35. The molecule has 0 aromatic heterocycles. The highest BCUT2D eigenvalue weighted by Gasteiger charge is 2.42. The van der Waals surface area contributed by atoms with Gasteiger partial charge in [0.2, 0.25) is 0 Å². The lowest BCUT2D eigenvalue weighted by atomic mass is 9.84. The van der Waals surface area contributed by atoms with Gasteiger partial charge in [-0.2, -0.15) is 0 Å². The minimum absolute atomic E-state index is 0.103. The molecule has 2 fully saturated rings. The van der Waals surface area contributed by atoms with Crippen LogP contribution >= 0.6 is 0 Å². The molecule has 3 rings (SSSR count). The lowest BCUT2D eigenvalue weighted by Gasteiger charge is -2.28. The van der Waals surface area contributed by atoms with E-state index in [1.54, 1.807) is 12.1 Å². The molecule has 0 heterocycles. The summed E-state index contributed by atoms with van der Waals surface area (Å²) in [4.78, 5) is 36.0. The van der Waals surface area contributed by atoms with Crippen molar-refractivity contribution in [3.05, 3.63) is 34.9 Å². The number of ether oxygens (including phenoxy) is 1. The molecule has 0 aliphatic heterocycles. The van der Waals surface area contributed by atoms with E-state index in [1.165, 1.54) is 25.7 Å². The molecule has 4 unspecified atom stereocenters. The molecular formula is C22H30N2O4. The summed E-state index contributed by atoms with van der Waals surface area (Å²) in [7, 11) is 0. The summed E-state index contributed by atoms with van der Waals surface area (Å²) in [5.74, 6) is 0.839. The molecule has 0 spiro atoms. The first kappa shape index (κ1) is 20.4. The van der Waals surface area contributed by atoms with E-state index in [0.29, 0.717) is 11.5 Å². The Bertz CT molecular complexity index is 761. The van der Waals surface area contributed by atoms with Crippen molar-refractivity contribution in [3.8, 4) is 0 Å². The highest BCUT2D eigenvalue weighted by Crippen LogP contribution is 2.49. The van der Waals surface area contributed by atoms with Crippen LogP contribution in [0.15, 0.2) is 18.2 Å². The summed E-state index contributed by atoms with van der Waals surface area (Å²) < 4.78 is 4.99. The number of rotatable bonds is 7. The van der Waals surface area contributed by atoms with Crippen LogP contribution in [0.2, 0.25) is 0 Å². The van der Waals surface area contributed by atoms with E-state index in [-0.39, 0.29) is 31.0 Å². The number of benzene rings is 1. The SMILES string of the molecule is Cc1ccc(C(=O)NCC(=O)OCC(=O)NC(C)C2CC3CCC2C3)cc1C. The van der Waals surface area contributed by atoms with Crippen LogP contribution in [-0.4, -0.2) is 37.0 Å². The number of nitrogens with one attached hydrogen (secondary N) is 2. The first-order chi connectivity index (χ1) is 13.3. The van der Waals surface area contributed by atoms with Gasteiger partial charge in [0.15, 0.2) is 6.61 Å². The van der Waals surface area contributed by atoms with Crippen molar-refractivity contribution in [3.63, 3.8) is 0 Å². The zero-order chi connectivity index (χ0) is 20.3. The molecule has 4 atom stereocenters. The zero-order valence-electron chi connectivity index (χ0n) is 16.9. The topological polar surface area (TPSA) is 84.5 Å². The third kappa shape index (κ3) is 4.91. The molecule has 152 valence electrons. The molecule has 2 bridgehead atoms. The Hall–Kier alpha value is -2.37. The van der Waals surface area contributed by atoms with E-state index in [1.807, 2.05) is 26.8 Å². The first-order valence-electron chi connectivity index (χ1n) is 10.1. The molecule has 0 saturated heterocycles. The maximum absolute atomic E-state index is 12.1. The molecule has 28 heavy (non-hydrogen) atoms. The Kier molecular flexibility index (Phi) is 6.37. The molecule has 6 heteroatoms. The minimum Gasteiger partial charge on any atom is -0.454 e. The smallest absolute Gasteiger partial charge is 0.325 e. The Morgan fingerprint density at radius 1 is 1.14 bits per heavy atom. The van der Waals surface area contributed by atoms with Gasteiger partial charge in [-0.15, -0.1) is 0 Å². The molecule has 2 N–H and O–H groups in total. The Labute approximate surface area is 166 Å². The molecular weight excluding hydrogens is 356 g/mol. The predicted octanol–water partition coefficient (Wildman–Crippen LogP) is 2.52. The zero-order valence-corrected chi connectivity index (χ0v) is 16.9. The van der Waals surface area contributed by atoms with E-state index in [2.05, 4.69) is 10.6 Å². The number of esters is 1. The Morgan fingerprint density at radius 2 is 1.93 bits per heavy atom. The largest absolute Gasteiger partial charge is 0.454 e. The quantitative estimate of drug-likeness (QED) is 0.705. The summed E-state index contributed by atoms with van der Waals surface area (Å²) in [5, 5.41) is 5.49. The highest BCUT2D eigenvalue weighted by atomic mass is 16.5. The second kappa shape index (κ2) is 8.76. The molecule has 6 nitrogen and oxygen atoms in total. The van der Waals surface area contributed by atoms with Crippen molar-refractivity contribution in [2.75, 3.05) is 13.2 Å². The van der Waals surface area contributed by atoms with Gasteiger partial charge in [0.1, 0.15) is 6.54 Å². The number of fused-ring (bicyclic) bond motifs is 2. The third-order valence-corrected chi connectivity index (χ3v) is 6.35. The predicted molar refractivity (Wildman–Crippen MR) is 106 cm³/mol. The van der Waals surface area contributed by atoms with Gasteiger partial charge in [0.25, 0.3) is 11.8 Å². The van der Waals surface area contributed by atoms with Crippen molar-refractivity contribution in [1.82, 2.24) is 10.6 Å². The highest BCUT2D eigenvalue weighted by molar-refractivity contribution is 5.96. The summed E-state index contributed by atoms with van der Waals surface area (Å²) >= 11 is 0. The summed E-state index contributed by atoms with van der Waals surface area (Å²) in [6, 6.07) is 5.46. The van der Waals surface area contributed by atoms with Gasteiger partial charge in [0.05, 0.1) is 0 Å². The summed E-state index contributed by atoms with van der Waals surface area (Å²) in [5.41, 5.74) is 2.60. The van der Waals surface area contributed by atoms with Gasteiger partial charge >= 0.3 is 5.97 Å². The summed E-state index contributed by atoms with van der Waals surface area (Å²) in [6.07, 6.45) is 5.08. The van der Waals surface area contributed by atoms with E-state index in [4.69, 9.17) is 4.74 Å². The van der Waals surface area contributed by atoms with Crippen molar-refractivity contribution >= 4 is 17.8 Å². The van der Waals surface area contributed by atoms with Gasteiger partial charge in [-0.1, -0.05) is 12.5 Å². The van der Waals surface area contributed by atoms with Crippen LogP contribution in [0, 0.1) is 31.6 Å². The Morgan fingerprint density at radius 3 is 2.57 bits per heavy atom. The van der Waals surface area contributed by atoms with E-state index in [0.717, 1.165) is 23.0 Å². The minimum atomic E-state index is -0.625. The van der Waals surface area contributed by atoms with Crippen LogP contribution in [0.4, 0.5) is 0 Å². The second-order valence-electron chi connectivity index (χ2n) is 8.34. The third-order valence-electron chi connectivity index (χ3n) is 6.35. The van der Waals surface area contributed by atoms with E-state index in [9.17, 15) is 14.4 Å². The standard InChI is InChI=1S/C22H30N2O4/c1-13-4-6-18(8-14(13)2)22(27)23-11-21(26)28-12-20(25)24-15(3)19-10-16-5-7-17(19)9-16/h4,6,8,15-17,19H,5,7,9-12H2,1-3H3,(H,23,27)(H,24,25). The number of hydrogen-bond donors (Lipinski definition) is 2. The first-order valence-corrected chi connectivity index (χ1v) is 10.1. The molecule has 2 aliphatic rings. The van der Waals surface area contributed by atoms with Gasteiger partial charge in [-0.05, 0) is 81.0 Å². The number of carbonyl (C=O) groups is 3.